The van der Waals surface area contributed by atoms with Gasteiger partial charge in [0.25, 0.3) is 5.91 Å². The second-order valence-corrected chi connectivity index (χ2v) is 9.94. The van der Waals surface area contributed by atoms with Crippen molar-refractivity contribution in [1.29, 1.82) is 0 Å². The Balaban J connectivity index is 1.53. The van der Waals surface area contributed by atoms with E-state index in [1.807, 2.05) is 30.3 Å². The highest BCUT2D eigenvalue weighted by Gasteiger charge is 2.15. The van der Waals surface area contributed by atoms with E-state index in [2.05, 4.69) is 22.3 Å². The predicted octanol–water partition coefficient (Wildman–Crippen LogP) is 4.51. The number of amides is 1. The summed E-state index contributed by atoms with van der Waals surface area (Å²) in [6.45, 7) is 2.89. The Hall–Kier alpha value is -3.27. The van der Waals surface area contributed by atoms with E-state index >= 15 is 0 Å². The van der Waals surface area contributed by atoms with Crippen LogP contribution in [0.4, 0.5) is 5.69 Å². The van der Waals surface area contributed by atoms with Gasteiger partial charge in [-0.25, -0.2) is 13.1 Å². The molecule has 0 fully saturated rings. The third-order valence-electron chi connectivity index (χ3n) is 5.09. The summed E-state index contributed by atoms with van der Waals surface area (Å²) in [5, 5.41) is 5.63. The van der Waals surface area contributed by atoms with Crippen LogP contribution in [0.25, 0.3) is 0 Å². The van der Waals surface area contributed by atoms with Crippen LogP contribution in [-0.2, 0) is 16.4 Å². The maximum atomic E-state index is 12.7. The van der Waals surface area contributed by atoms with Gasteiger partial charge in [0.05, 0.1) is 17.1 Å². The van der Waals surface area contributed by atoms with Crippen LogP contribution in [0.5, 0.6) is 5.75 Å². The number of carbonyl (C=O) groups is 1. The number of thiocarbonyl (C=S) groups is 1. The third kappa shape index (κ3) is 8.17. The van der Waals surface area contributed by atoms with Crippen molar-refractivity contribution < 1.29 is 17.9 Å². The molecule has 3 aromatic carbocycles. The first-order valence-corrected chi connectivity index (χ1v) is 13.3. The SMILES string of the molecule is CCCCOc1ccccc1C(=O)NC(=S)Nc1ccc(S(=O)(=O)NCCc2ccccc2)cc1. The second-order valence-electron chi connectivity index (χ2n) is 7.76. The number of ether oxygens (including phenoxy) is 1. The van der Waals surface area contributed by atoms with Crippen LogP contribution in [0.2, 0.25) is 0 Å². The summed E-state index contributed by atoms with van der Waals surface area (Å²) in [6.07, 6.45) is 2.48. The molecule has 7 nitrogen and oxygen atoms in total. The maximum absolute atomic E-state index is 12.7. The van der Waals surface area contributed by atoms with Crippen LogP contribution in [0.1, 0.15) is 35.7 Å². The Morgan fingerprint density at radius 3 is 2.34 bits per heavy atom. The van der Waals surface area contributed by atoms with Crippen molar-refractivity contribution in [3.63, 3.8) is 0 Å². The number of carbonyl (C=O) groups excluding carboxylic acids is 1. The minimum Gasteiger partial charge on any atom is -0.493 e. The van der Waals surface area contributed by atoms with Gasteiger partial charge in [0, 0.05) is 12.2 Å². The van der Waals surface area contributed by atoms with Crippen LogP contribution in [-0.4, -0.2) is 32.6 Å². The molecule has 3 aromatic rings. The lowest BCUT2D eigenvalue weighted by Gasteiger charge is -2.13. The van der Waals surface area contributed by atoms with E-state index in [0.29, 0.717) is 36.6 Å². The molecule has 3 N–H and O–H groups in total. The fourth-order valence-corrected chi connectivity index (χ4v) is 4.46. The number of hydrogen-bond donors (Lipinski definition) is 3. The first-order valence-electron chi connectivity index (χ1n) is 11.4. The van der Waals surface area contributed by atoms with Crippen molar-refractivity contribution in [3.8, 4) is 5.75 Å². The number of benzene rings is 3. The standard InChI is InChI=1S/C26H29N3O4S2/c1-2-3-19-33-24-12-8-7-11-23(24)25(30)29-26(34)28-21-13-15-22(16-14-21)35(31,32)27-18-17-20-9-5-4-6-10-20/h4-16,27H,2-3,17-19H2,1H3,(H2,28,29,30,34). The van der Waals surface area contributed by atoms with Crippen molar-refractivity contribution in [2.75, 3.05) is 18.5 Å². The molecule has 0 spiro atoms. The summed E-state index contributed by atoms with van der Waals surface area (Å²) in [6, 6.07) is 22.8. The predicted molar refractivity (Wildman–Crippen MR) is 142 cm³/mol. The van der Waals surface area contributed by atoms with Crippen molar-refractivity contribution >= 4 is 38.9 Å². The Morgan fingerprint density at radius 2 is 1.63 bits per heavy atom. The number of sulfonamides is 1. The molecule has 0 radical (unpaired) electrons. The second kappa shape index (κ2) is 13.0. The van der Waals surface area contributed by atoms with Gasteiger partial charge in [-0.2, -0.15) is 0 Å². The molecular formula is C26H29N3O4S2. The summed E-state index contributed by atoms with van der Waals surface area (Å²) in [5.74, 6) is 0.104. The summed E-state index contributed by atoms with van der Waals surface area (Å²) < 4.78 is 33.4. The fourth-order valence-electron chi connectivity index (χ4n) is 3.21. The minimum absolute atomic E-state index is 0.0926. The summed E-state index contributed by atoms with van der Waals surface area (Å²) >= 11 is 5.26. The normalized spacial score (nSPS) is 11.0. The largest absolute Gasteiger partial charge is 0.493 e. The van der Waals surface area contributed by atoms with Crippen LogP contribution in [0.15, 0.2) is 83.8 Å². The molecule has 0 aliphatic heterocycles. The van der Waals surface area contributed by atoms with Crippen molar-refractivity contribution in [3.05, 3.63) is 90.0 Å². The van der Waals surface area contributed by atoms with Crippen LogP contribution in [0.3, 0.4) is 0 Å². The monoisotopic (exact) mass is 511 g/mol. The topological polar surface area (TPSA) is 96.5 Å². The summed E-state index contributed by atoms with van der Waals surface area (Å²) in [4.78, 5) is 12.8. The Kier molecular flexibility index (Phi) is 9.77. The van der Waals surface area contributed by atoms with E-state index in [0.717, 1.165) is 18.4 Å². The van der Waals surface area contributed by atoms with Crippen LogP contribution >= 0.6 is 12.2 Å². The van der Waals surface area contributed by atoms with E-state index in [1.54, 1.807) is 36.4 Å². The average molecular weight is 512 g/mol. The number of unbranched alkanes of at least 4 members (excludes halogenated alkanes) is 1. The molecule has 0 aromatic heterocycles. The van der Waals surface area contributed by atoms with Gasteiger partial charge in [0.1, 0.15) is 5.75 Å². The van der Waals surface area contributed by atoms with E-state index < -0.39 is 15.9 Å². The zero-order valence-electron chi connectivity index (χ0n) is 19.5. The lowest BCUT2D eigenvalue weighted by atomic mass is 10.2. The number of para-hydroxylation sites is 1. The molecule has 0 atom stereocenters. The molecule has 0 aliphatic rings. The van der Waals surface area contributed by atoms with Gasteiger partial charge in [-0.1, -0.05) is 55.8 Å². The number of nitrogens with one attached hydrogen (secondary N) is 3. The fraction of sp³-hybridized carbons (Fsp3) is 0.231. The van der Waals surface area contributed by atoms with Gasteiger partial charge in [0.2, 0.25) is 10.0 Å². The molecule has 0 saturated heterocycles. The molecule has 1 amide bonds. The van der Waals surface area contributed by atoms with Gasteiger partial charge in [0.15, 0.2) is 5.11 Å². The summed E-state index contributed by atoms with van der Waals surface area (Å²) in [5.41, 5.74) is 1.99. The molecular weight excluding hydrogens is 482 g/mol. The Morgan fingerprint density at radius 1 is 0.943 bits per heavy atom. The van der Waals surface area contributed by atoms with E-state index in [4.69, 9.17) is 17.0 Å². The molecule has 9 heteroatoms. The van der Waals surface area contributed by atoms with E-state index in [1.165, 1.54) is 12.1 Å². The molecule has 0 unspecified atom stereocenters. The zero-order valence-corrected chi connectivity index (χ0v) is 21.1. The maximum Gasteiger partial charge on any atom is 0.261 e. The smallest absolute Gasteiger partial charge is 0.261 e. The molecule has 184 valence electrons. The highest BCUT2D eigenvalue weighted by Crippen LogP contribution is 2.19. The molecule has 3 rings (SSSR count). The van der Waals surface area contributed by atoms with Crippen LogP contribution < -0.4 is 20.1 Å². The van der Waals surface area contributed by atoms with E-state index in [-0.39, 0.29) is 10.0 Å². The third-order valence-corrected chi connectivity index (χ3v) is 6.77. The molecule has 0 saturated carbocycles. The number of rotatable bonds is 11. The van der Waals surface area contributed by atoms with Gasteiger partial charge in [-0.15, -0.1) is 0 Å². The lowest BCUT2D eigenvalue weighted by Crippen LogP contribution is -2.34. The van der Waals surface area contributed by atoms with Crippen LogP contribution in [0, 0.1) is 0 Å². The van der Waals surface area contributed by atoms with Gasteiger partial charge < -0.3 is 10.1 Å². The molecule has 0 bridgehead atoms. The summed E-state index contributed by atoms with van der Waals surface area (Å²) in [7, 11) is -3.64. The average Bonchev–Trinajstić information content (AvgIpc) is 2.85. The Labute approximate surface area is 212 Å². The number of anilines is 1. The van der Waals surface area contributed by atoms with Gasteiger partial charge in [-0.05, 0) is 67.0 Å². The molecule has 0 aliphatic carbocycles. The van der Waals surface area contributed by atoms with Gasteiger partial charge >= 0.3 is 0 Å². The first kappa shape index (κ1) is 26.3. The molecule has 35 heavy (non-hydrogen) atoms. The zero-order chi connectivity index (χ0) is 25.1. The van der Waals surface area contributed by atoms with Crippen molar-refractivity contribution in [2.45, 2.75) is 31.1 Å². The highest BCUT2D eigenvalue weighted by molar-refractivity contribution is 7.89. The lowest BCUT2D eigenvalue weighted by molar-refractivity contribution is 0.0973. The van der Waals surface area contributed by atoms with Gasteiger partial charge in [-0.3, -0.25) is 10.1 Å². The van der Waals surface area contributed by atoms with E-state index in [9.17, 15) is 13.2 Å². The number of hydrogen-bond acceptors (Lipinski definition) is 5. The van der Waals surface area contributed by atoms with Crippen molar-refractivity contribution in [1.82, 2.24) is 10.0 Å². The highest BCUT2D eigenvalue weighted by atomic mass is 32.2. The first-order chi connectivity index (χ1) is 16.9. The molecule has 0 heterocycles. The Bertz CT molecular complexity index is 1230. The van der Waals surface area contributed by atoms with Crippen molar-refractivity contribution in [2.24, 2.45) is 0 Å². The quantitative estimate of drug-likeness (QED) is 0.259. The minimum atomic E-state index is -3.64.